The Morgan fingerprint density at radius 1 is 1.19 bits per heavy atom. The normalized spacial score (nSPS) is 17.9. The van der Waals surface area contributed by atoms with Crippen LogP contribution in [-0.4, -0.2) is 41.8 Å². The van der Waals surface area contributed by atoms with E-state index in [0.717, 1.165) is 16.3 Å². The molecule has 0 radical (unpaired) electrons. The molecule has 0 aromatic heterocycles. The molecule has 0 spiro atoms. The fraction of sp³-hybridized carbons (Fsp3) is 0.400. The smallest absolute Gasteiger partial charge is 0.412 e. The van der Waals surface area contributed by atoms with Crippen molar-refractivity contribution in [3.63, 3.8) is 0 Å². The Morgan fingerprint density at radius 2 is 1.92 bits per heavy atom. The van der Waals surface area contributed by atoms with Crippen LogP contribution in [0, 0.1) is 0 Å². The lowest BCUT2D eigenvalue weighted by molar-refractivity contribution is -0.136. The Hall–Kier alpha value is -2.60. The molecule has 0 bridgehead atoms. The molecule has 26 heavy (non-hydrogen) atoms. The summed E-state index contributed by atoms with van der Waals surface area (Å²) in [5.41, 5.74) is 0.373. The Kier molecular flexibility index (Phi) is 5.13. The Bertz CT molecular complexity index is 813. The molecular formula is C20H24N2O4. The molecule has 138 valence electrons. The molecule has 2 aromatic rings. The topological polar surface area (TPSA) is 67.9 Å². The number of ether oxygens (including phenoxy) is 2. The summed E-state index contributed by atoms with van der Waals surface area (Å²) < 4.78 is 11.3. The van der Waals surface area contributed by atoms with E-state index in [1.54, 1.807) is 20.8 Å². The van der Waals surface area contributed by atoms with Gasteiger partial charge in [-0.15, -0.1) is 0 Å². The number of rotatable bonds is 3. The molecule has 1 aliphatic heterocycles. The lowest BCUT2D eigenvalue weighted by Gasteiger charge is -2.36. The molecule has 1 saturated heterocycles. The Morgan fingerprint density at radius 3 is 2.65 bits per heavy atom. The first kappa shape index (κ1) is 18.2. The number of carbonyl (C=O) groups is 2. The predicted octanol–water partition coefficient (Wildman–Crippen LogP) is 3.05. The van der Waals surface area contributed by atoms with Crippen LogP contribution >= 0.6 is 0 Å². The summed E-state index contributed by atoms with van der Waals surface area (Å²) in [6, 6.07) is 14.2. The van der Waals surface area contributed by atoms with Gasteiger partial charge in [0.25, 0.3) is 0 Å². The first-order valence-electron chi connectivity index (χ1n) is 8.67. The minimum absolute atomic E-state index is 0.0721. The van der Waals surface area contributed by atoms with Gasteiger partial charge in [0.2, 0.25) is 5.91 Å². The zero-order chi connectivity index (χ0) is 18.7. The highest BCUT2D eigenvalue weighted by Gasteiger charge is 2.34. The van der Waals surface area contributed by atoms with E-state index in [-0.39, 0.29) is 19.0 Å². The van der Waals surface area contributed by atoms with E-state index in [2.05, 4.69) is 17.4 Å². The van der Waals surface area contributed by atoms with Crippen molar-refractivity contribution < 1.29 is 19.1 Å². The largest absolute Gasteiger partial charge is 0.444 e. The number of hydrogen-bond donors (Lipinski definition) is 1. The van der Waals surface area contributed by atoms with Gasteiger partial charge in [-0.3, -0.25) is 9.69 Å². The number of piperazine rings is 1. The van der Waals surface area contributed by atoms with Crippen molar-refractivity contribution in [3.8, 4) is 0 Å². The third kappa shape index (κ3) is 4.52. The van der Waals surface area contributed by atoms with E-state index in [1.165, 1.54) is 4.90 Å². The molecule has 2 aromatic carbocycles. The van der Waals surface area contributed by atoms with Crippen molar-refractivity contribution in [1.82, 2.24) is 10.2 Å². The highest BCUT2D eigenvalue weighted by atomic mass is 16.6. The summed E-state index contributed by atoms with van der Waals surface area (Å²) in [5.74, 6) is -0.221. The summed E-state index contributed by atoms with van der Waals surface area (Å²) in [7, 11) is 0. The highest BCUT2D eigenvalue weighted by molar-refractivity contribution is 5.84. The SMILES string of the molecule is CC(C)(C)OC(=O)N1CC(=O)NCC1OCc1ccc2ccccc2c1. The van der Waals surface area contributed by atoms with Crippen LogP contribution in [-0.2, 0) is 20.9 Å². The number of benzene rings is 2. The number of amides is 2. The minimum Gasteiger partial charge on any atom is -0.444 e. The molecule has 0 saturated carbocycles. The first-order chi connectivity index (χ1) is 12.3. The number of hydrogen-bond acceptors (Lipinski definition) is 4. The predicted molar refractivity (Wildman–Crippen MR) is 98.5 cm³/mol. The van der Waals surface area contributed by atoms with Crippen LogP contribution in [0.2, 0.25) is 0 Å². The van der Waals surface area contributed by atoms with Crippen LogP contribution in [0.4, 0.5) is 4.79 Å². The number of carbonyl (C=O) groups excluding carboxylic acids is 2. The molecule has 2 amide bonds. The van der Waals surface area contributed by atoms with Gasteiger partial charge in [0, 0.05) is 0 Å². The molecule has 1 atom stereocenters. The van der Waals surface area contributed by atoms with Gasteiger partial charge in [0.1, 0.15) is 12.1 Å². The molecule has 1 heterocycles. The van der Waals surface area contributed by atoms with Crippen molar-refractivity contribution in [2.24, 2.45) is 0 Å². The maximum atomic E-state index is 12.4. The van der Waals surface area contributed by atoms with E-state index >= 15 is 0 Å². The van der Waals surface area contributed by atoms with Gasteiger partial charge in [0.15, 0.2) is 6.23 Å². The van der Waals surface area contributed by atoms with Crippen LogP contribution in [0.1, 0.15) is 26.3 Å². The van der Waals surface area contributed by atoms with Crippen molar-refractivity contribution >= 4 is 22.8 Å². The van der Waals surface area contributed by atoms with Crippen LogP contribution in [0.15, 0.2) is 42.5 Å². The molecule has 6 nitrogen and oxygen atoms in total. The van der Waals surface area contributed by atoms with Crippen molar-refractivity contribution in [2.45, 2.75) is 39.2 Å². The summed E-state index contributed by atoms with van der Waals surface area (Å²) in [6.07, 6.45) is -1.11. The molecule has 1 fully saturated rings. The average Bonchev–Trinajstić information content (AvgIpc) is 2.59. The van der Waals surface area contributed by atoms with Crippen molar-refractivity contribution in [3.05, 3.63) is 48.0 Å². The van der Waals surface area contributed by atoms with Gasteiger partial charge in [-0.2, -0.15) is 0 Å². The van der Waals surface area contributed by atoms with Crippen molar-refractivity contribution in [2.75, 3.05) is 13.1 Å². The highest BCUT2D eigenvalue weighted by Crippen LogP contribution is 2.18. The first-order valence-corrected chi connectivity index (χ1v) is 8.67. The third-order valence-electron chi connectivity index (χ3n) is 4.02. The number of nitrogens with zero attached hydrogens (tertiary/aromatic N) is 1. The standard InChI is InChI=1S/C20H24N2O4/c1-20(2,3)26-19(24)22-12-17(23)21-11-18(22)25-13-14-8-9-15-6-4-5-7-16(15)10-14/h4-10,18H,11-13H2,1-3H3,(H,21,23). The second-order valence-electron chi connectivity index (χ2n) is 7.36. The zero-order valence-electron chi connectivity index (χ0n) is 15.3. The quantitative estimate of drug-likeness (QED) is 0.918. The van der Waals surface area contributed by atoms with Crippen molar-refractivity contribution in [1.29, 1.82) is 0 Å². The van der Waals surface area contributed by atoms with Gasteiger partial charge in [-0.05, 0) is 43.2 Å². The van der Waals surface area contributed by atoms with E-state index < -0.39 is 17.9 Å². The summed E-state index contributed by atoms with van der Waals surface area (Å²) in [5, 5.41) is 5.03. The van der Waals surface area contributed by atoms with E-state index in [1.807, 2.05) is 30.3 Å². The maximum absolute atomic E-state index is 12.4. The number of fused-ring (bicyclic) bond motifs is 1. The fourth-order valence-corrected chi connectivity index (χ4v) is 2.80. The Labute approximate surface area is 153 Å². The second kappa shape index (κ2) is 7.33. The van der Waals surface area contributed by atoms with Crippen LogP contribution in [0.3, 0.4) is 0 Å². The molecule has 3 rings (SSSR count). The van der Waals surface area contributed by atoms with E-state index in [9.17, 15) is 9.59 Å². The fourth-order valence-electron chi connectivity index (χ4n) is 2.80. The Balaban J connectivity index is 1.69. The van der Waals surface area contributed by atoms with E-state index in [4.69, 9.17) is 9.47 Å². The van der Waals surface area contributed by atoms with Gasteiger partial charge in [0.05, 0.1) is 13.2 Å². The zero-order valence-corrected chi connectivity index (χ0v) is 15.3. The maximum Gasteiger partial charge on any atom is 0.412 e. The molecular weight excluding hydrogens is 332 g/mol. The van der Waals surface area contributed by atoms with Crippen LogP contribution in [0.25, 0.3) is 10.8 Å². The van der Waals surface area contributed by atoms with Crippen LogP contribution in [0.5, 0.6) is 0 Å². The summed E-state index contributed by atoms with van der Waals surface area (Å²) in [4.78, 5) is 25.4. The summed E-state index contributed by atoms with van der Waals surface area (Å²) in [6.45, 7) is 5.88. The minimum atomic E-state index is -0.631. The average molecular weight is 356 g/mol. The second-order valence-corrected chi connectivity index (χ2v) is 7.36. The van der Waals surface area contributed by atoms with Crippen LogP contribution < -0.4 is 5.32 Å². The number of nitrogens with one attached hydrogen (secondary N) is 1. The lowest BCUT2D eigenvalue weighted by atomic mass is 10.1. The van der Waals surface area contributed by atoms with E-state index in [0.29, 0.717) is 6.61 Å². The lowest BCUT2D eigenvalue weighted by Crippen LogP contribution is -2.58. The van der Waals surface area contributed by atoms with Gasteiger partial charge >= 0.3 is 6.09 Å². The molecule has 0 aliphatic carbocycles. The van der Waals surface area contributed by atoms with Gasteiger partial charge in [-0.25, -0.2) is 4.79 Å². The van der Waals surface area contributed by atoms with Gasteiger partial charge in [-0.1, -0.05) is 36.4 Å². The summed E-state index contributed by atoms with van der Waals surface area (Å²) >= 11 is 0. The monoisotopic (exact) mass is 356 g/mol. The molecule has 1 unspecified atom stereocenters. The molecule has 1 aliphatic rings. The third-order valence-corrected chi connectivity index (χ3v) is 4.02. The molecule has 6 heteroatoms. The van der Waals surface area contributed by atoms with Gasteiger partial charge < -0.3 is 14.8 Å². The molecule has 1 N–H and O–H groups in total.